The normalized spacial score (nSPS) is 10.0. The fourth-order valence-electron chi connectivity index (χ4n) is 2.14. The van der Waals surface area contributed by atoms with E-state index < -0.39 is 0 Å². The van der Waals surface area contributed by atoms with Crippen LogP contribution >= 0.6 is 0 Å². The van der Waals surface area contributed by atoms with Crippen LogP contribution in [0.2, 0.25) is 0 Å². The van der Waals surface area contributed by atoms with Gasteiger partial charge in [-0.15, -0.1) is 0 Å². The molecule has 1 amide bonds. The zero-order chi connectivity index (χ0) is 16.1. The highest BCUT2D eigenvalue weighted by Crippen LogP contribution is 2.33. The van der Waals surface area contributed by atoms with Gasteiger partial charge in [0.25, 0.3) is 5.91 Å². The molecular formula is C17H19NO4. The number of ether oxygens (including phenoxy) is 3. The SMILES string of the molecule is COc1cc(C)c(NC(=O)c2ccccc2OC)cc1OC. The van der Waals surface area contributed by atoms with Crippen molar-refractivity contribution in [1.82, 2.24) is 0 Å². The number of para-hydroxylation sites is 1. The second-order valence-electron chi connectivity index (χ2n) is 4.68. The molecule has 0 heterocycles. The van der Waals surface area contributed by atoms with Gasteiger partial charge in [-0.05, 0) is 30.7 Å². The molecular weight excluding hydrogens is 282 g/mol. The van der Waals surface area contributed by atoms with E-state index in [1.807, 2.05) is 19.1 Å². The number of rotatable bonds is 5. The third-order valence-electron chi connectivity index (χ3n) is 3.33. The second kappa shape index (κ2) is 6.85. The molecule has 0 aliphatic carbocycles. The standard InChI is InChI=1S/C17H19NO4/c1-11-9-15(21-3)16(22-4)10-13(11)18-17(19)12-7-5-6-8-14(12)20-2/h5-10H,1-4H3,(H,18,19). The van der Waals surface area contributed by atoms with Gasteiger partial charge in [-0.1, -0.05) is 12.1 Å². The highest BCUT2D eigenvalue weighted by molar-refractivity contribution is 6.06. The van der Waals surface area contributed by atoms with E-state index in [-0.39, 0.29) is 5.91 Å². The Bertz CT molecular complexity index is 682. The summed E-state index contributed by atoms with van der Waals surface area (Å²) in [6.45, 7) is 1.89. The van der Waals surface area contributed by atoms with Crippen LogP contribution in [0, 0.1) is 6.92 Å². The minimum Gasteiger partial charge on any atom is -0.496 e. The monoisotopic (exact) mass is 301 g/mol. The second-order valence-corrected chi connectivity index (χ2v) is 4.68. The molecule has 0 saturated heterocycles. The Morgan fingerprint density at radius 2 is 1.50 bits per heavy atom. The Hall–Kier alpha value is -2.69. The van der Waals surface area contributed by atoms with Crippen molar-refractivity contribution in [3.05, 3.63) is 47.5 Å². The number of hydrogen-bond acceptors (Lipinski definition) is 4. The van der Waals surface area contributed by atoms with Crippen molar-refractivity contribution in [3.8, 4) is 17.2 Å². The summed E-state index contributed by atoms with van der Waals surface area (Å²) in [5.74, 6) is 1.46. The maximum absolute atomic E-state index is 12.4. The molecule has 5 heteroatoms. The summed E-state index contributed by atoms with van der Waals surface area (Å²) in [4.78, 5) is 12.4. The molecule has 0 atom stereocenters. The van der Waals surface area contributed by atoms with Crippen molar-refractivity contribution in [2.75, 3.05) is 26.6 Å². The molecule has 0 spiro atoms. The van der Waals surface area contributed by atoms with Crippen molar-refractivity contribution in [2.45, 2.75) is 6.92 Å². The van der Waals surface area contributed by atoms with Gasteiger partial charge in [0.05, 0.1) is 26.9 Å². The highest BCUT2D eigenvalue weighted by atomic mass is 16.5. The van der Waals surface area contributed by atoms with Gasteiger partial charge in [0.2, 0.25) is 0 Å². The van der Waals surface area contributed by atoms with E-state index in [0.29, 0.717) is 28.5 Å². The average molecular weight is 301 g/mol. The summed E-state index contributed by atoms with van der Waals surface area (Å²) in [5.41, 5.74) is 2.01. The number of benzene rings is 2. The third kappa shape index (κ3) is 3.14. The lowest BCUT2D eigenvalue weighted by Crippen LogP contribution is -2.14. The zero-order valence-electron chi connectivity index (χ0n) is 13.1. The molecule has 1 N–H and O–H groups in total. The van der Waals surface area contributed by atoms with E-state index >= 15 is 0 Å². The number of carbonyl (C=O) groups excluding carboxylic acids is 1. The van der Waals surface area contributed by atoms with Crippen molar-refractivity contribution in [2.24, 2.45) is 0 Å². The molecule has 116 valence electrons. The van der Waals surface area contributed by atoms with Crippen LogP contribution in [-0.2, 0) is 0 Å². The van der Waals surface area contributed by atoms with Crippen LogP contribution in [0.4, 0.5) is 5.69 Å². The van der Waals surface area contributed by atoms with Crippen LogP contribution in [0.25, 0.3) is 0 Å². The molecule has 0 unspecified atom stereocenters. The first-order valence-corrected chi connectivity index (χ1v) is 6.77. The zero-order valence-corrected chi connectivity index (χ0v) is 13.1. The van der Waals surface area contributed by atoms with Gasteiger partial charge < -0.3 is 19.5 Å². The number of anilines is 1. The predicted octanol–water partition coefficient (Wildman–Crippen LogP) is 3.27. The molecule has 5 nitrogen and oxygen atoms in total. The fraction of sp³-hybridized carbons (Fsp3) is 0.235. The smallest absolute Gasteiger partial charge is 0.259 e. The van der Waals surface area contributed by atoms with E-state index in [0.717, 1.165) is 5.56 Å². The van der Waals surface area contributed by atoms with Crippen LogP contribution < -0.4 is 19.5 Å². The van der Waals surface area contributed by atoms with Crippen LogP contribution in [0.15, 0.2) is 36.4 Å². The first-order valence-electron chi connectivity index (χ1n) is 6.77. The number of amides is 1. The van der Waals surface area contributed by atoms with Gasteiger partial charge in [0.1, 0.15) is 5.75 Å². The van der Waals surface area contributed by atoms with Crippen molar-refractivity contribution in [1.29, 1.82) is 0 Å². The van der Waals surface area contributed by atoms with Crippen molar-refractivity contribution >= 4 is 11.6 Å². The highest BCUT2D eigenvalue weighted by Gasteiger charge is 2.15. The van der Waals surface area contributed by atoms with E-state index in [4.69, 9.17) is 14.2 Å². The molecule has 0 aliphatic rings. The maximum Gasteiger partial charge on any atom is 0.259 e. The molecule has 22 heavy (non-hydrogen) atoms. The minimum atomic E-state index is -0.243. The van der Waals surface area contributed by atoms with Crippen LogP contribution in [0.3, 0.4) is 0 Å². The third-order valence-corrected chi connectivity index (χ3v) is 3.33. The number of methoxy groups -OCH3 is 3. The molecule has 0 fully saturated rings. The number of hydrogen-bond donors (Lipinski definition) is 1. The maximum atomic E-state index is 12.4. The Balaban J connectivity index is 2.32. The molecule has 0 aliphatic heterocycles. The van der Waals surface area contributed by atoms with E-state index in [1.54, 1.807) is 38.5 Å². The number of carbonyl (C=O) groups is 1. The van der Waals surface area contributed by atoms with Gasteiger partial charge in [-0.25, -0.2) is 0 Å². The van der Waals surface area contributed by atoms with Gasteiger partial charge >= 0.3 is 0 Å². The molecule has 2 aromatic carbocycles. The minimum absolute atomic E-state index is 0.243. The molecule has 0 saturated carbocycles. The van der Waals surface area contributed by atoms with Gasteiger partial charge in [0.15, 0.2) is 11.5 Å². The lowest BCUT2D eigenvalue weighted by atomic mass is 10.1. The summed E-state index contributed by atoms with van der Waals surface area (Å²) >= 11 is 0. The van der Waals surface area contributed by atoms with Crippen LogP contribution in [0.1, 0.15) is 15.9 Å². The van der Waals surface area contributed by atoms with Crippen molar-refractivity contribution in [3.63, 3.8) is 0 Å². The van der Waals surface area contributed by atoms with E-state index in [9.17, 15) is 4.79 Å². The summed E-state index contributed by atoms with van der Waals surface area (Å²) in [6, 6.07) is 10.6. The molecule has 0 bridgehead atoms. The predicted molar refractivity (Wildman–Crippen MR) is 85.2 cm³/mol. The van der Waals surface area contributed by atoms with Gasteiger partial charge in [0, 0.05) is 11.8 Å². The number of aryl methyl sites for hydroxylation is 1. The Morgan fingerprint density at radius 3 is 2.14 bits per heavy atom. The quantitative estimate of drug-likeness (QED) is 0.921. The topological polar surface area (TPSA) is 56.8 Å². The lowest BCUT2D eigenvalue weighted by Gasteiger charge is -2.14. The summed E-state index contributed by atoms with van der Waals surface area (Å²) in [5, 5.41) is 2.87. The largest absolute Gasteiger partial charge is 0.496 e. The molecule has 0 aromatic heterocycles. The summed E-state index contributed by atoms with van der Waals surface area (Å²) in [7, 11) is 4.66. The molecule has 2 rings (SSSR count). The van der Waals surface area contributed by atoms with E-state index in [2.05, 4.69) is 5.32 Å². The fourth-order valence-corrected chi connectivity index (χ4v) is 2.14. The Morgan fingerprint density at radius 1 is 0.909 bits per heavy atom. The first kappa shape index (κ1) is 15.7. The summed E-state index contributed by atoms with van der Waals surface area (Å²) in [6.07, 6.45) is 0. The molecule has 2 aromatic rings. The van der Waals surface area contributed by atoms with Gasteiger partial charge in [-0.3, -0.25) is 4.79 Å². The lowest BCUT2D eigenvalue weighted by molar-refractivity contribution is 0.102. The van der Waals surface area contributed by atoms with Crippen LogP contribution in [0.5, 0.6) is 17.2 Å². The Kier molecular flexibility index (Phi) is 4.88. The average Bonchev–Trinajstić information content (AvgIpc) is 2.56. The van der Waals surface area contributed by atoms with Crippen LogP contribution in [-0.4, -0.2) is 27.2 Å². The van der Waals surface area contributed by atoms with Gasteiger partial charge in [-0.2, -0.15) is 0 Å². The number of nitrogens with one attached hydrogen (secondary N) is 1. The van der Waals surface area contributed by atoms with Crippen molar-refractivity contribution < 1.29 is 19.0 Å². The summed E-state index contributed by atoms with van der Waals surface area (Å²) < 4.78 is 15.7. The van der Waals surface area contributed by atoms with E-state index in [1.165, 1.54) is 7.11 Å². The first-order chi connectivity index (χ1) is 10.6. The Labute approximate surface area is 129 Å². The molecule has 0 radical (unpaired) electrons.